The normalized spacial score (nSPS) is 17.2. The van der Waals surface area contributed by atoms with Gasteiger partial charge in [0, 0.05) is 41.0 Å². The lowest BCUT2D eigenvalue weighted by Crippen LogP contribution is -2.49. The van der Waals surface area contributed by atoms with E-state index in [4.69, 9.17) is 0 Å². The Hall–Kier alpha value is -4.00. The molecule has 174 valence electrons. The molecule has 0 fully saturated rings. The average molecular weight is 458 g/mol. The second-order valence-electron chi connectivity index (χ2n) is 8.84. The fourth-order valence-electron chi connectivity index (χ4n) is 4.56. The van der Waals surface area contributed by atoms with Crippen LogP contribution in [0.4, 0.5) is 17.1 Å². The second-order valence-corrected chi connectivity index (χ2v) is 8.84. The maximum atomic E-state index is 13.9. The Morgan fingerprint density at radius 1 is 1.00 bits per heavy atom. The molecule has 0 saturated heterocycles. The Labute approximate surface area is 198 Å². The number of nitrogens with zero attached hydrogens (tertiary/aromatic N) is 3. The third kappa shape index (κ3) is 4.29. The molecular weight excluding hydrogens is 430 g/mol. The van der Waals surface area contributed by atoms with Crippen LogP contribution < -0.4 is 9.80 Å². The third-order valence-corrected chi connectivity index (χ3v) is 6.16. The fourth-order valence-corrected chi connectivity index (χ4v) is 4.56. The van der Waals surface area contributed by atoms with Crippen LogP contribution in [0, 0.1) is 16.0 Å². The van der Waals surface area contributed by atoms with Gasteiger partial charge in [-0.1, -0.05) is 56.3 Å². The smallest absolute Gasteiger partial charge is 0.270 e. The van der Waals surface area contributed by atoms with Crippen LogP contribution in [0.15, 0.2) is 78.9 Å². The quantitative estimate of drug-likeness (QED) is 0.360. The molecule has 0 aromatic heterocycles. The first-order valence-corrected chi connectivity index (χ1v) is 11.3. The van der Waals surface area contributed by atoms with Crippen LogP contribution in [0.1, 0.15) is 49.2 Å². The van der Waals surface area contributed by atoms with Gasteiger partial charge < -0.3 is 9.80 Å². The molecule has 0 radical (unpaired) electrons. The maximum absolute atomic E-state index is 13.9. The first-order valence-electron chi connectivity index (χ1n) is 11.3. The number of para-hydroxylation sites is 2. The van der Waals surface area contributed by atoms with Crippen molar-refractivity contribution in [3.63, 3.8) is 0 Å². The highest BCUT2D eigenvalue weighted by atomic mass is 16.6. The van der Waals surface area contributed by atoms with E-state index < -0.39 is 4.92 Å². The van der Waals surface area contributed by atoms with E-state index in [9.17, 15) is 19.7 Å². The van der Waals surface area contributed by atoms with Gasteiger partial charge in [-0.2, -0.15) is 0 Å². The molecule has 1 aliphatic rings. The minimum Gasteiger partial charge on any atom is -0.309 e. The molecule has 1 heterocycles. The number of carbonyl (C=O) groups excluding carboxylic acids is 2. The number of non-ortho nitro benzene ring substituents is 1. The molecule has 7 nitrogen and oxygen atoms in total. The van der Waals surface area contributed by atoms with Crippen LogP contribution in [0.5, 0.6) is 0 Å². The number of fused-ring (bicyclic) bond motifs is 1. The van der Waals surface area contributed by atoms with E-state index in [0.717, 1.165) is 11.3 Å². The molecule has 2 amide bonds. The Bertz CT molecular complexity index is 1230. The monoisotopic (exact) mass is 457 g/mol. The highest BCUT2D eigenvalue weighted by Crippen LogP contribution is 2.43. The topological polar surface area (TPSA) is 83.8 Å². The standard InChI is InChI=1S/C27H27N3O4/c1-18(2)26(31)28-19(3)16-25(23-14-7-8-15-24(23)28)29(21-11-5-4-6-12-21)27(32)20-10-9-13-22(17-20)30(33)34/h4-15,17-19,25H,16H2,1-3H3/t19-,25-/m1/s1. The van der Waals surface area contributed by atoms with E-state index in [1.807, 2.05) is 80.3 Å². The number of nitro groups is 1. The lowest BCUT2D eigenvalue weighted by Gasteiger charge is -2.44. The molecule has 3 aromatic rings. The molecule has 0 spiro atoms. The van der Waals surface area contributed by atoms with Gasteiger partial charge in [-0.25, -0.2) is 0 Å². The van der Waals surface area contributed by atoms with E-state index in [1.54, 1.807) is 11.0 Å². The SMILES string of the molecule is CC(C)C(=O)N1c2ccccc2[C@H](N(C(=O)c2cccc([N+](=O)[O-])c2)c2ccccc2)C[C@H]1C. The summed E-state index contributed by atoms with van der Waals surface area (Å²) in [6.45, 7) is 5.75. The van der Waals surface area contributed by atoms with Gasteiger partial charge in [0.2, 0.25) is 5.91 Å². The zero-order valence-electron chi connectivity index (χ0n) is 19.4. The van der Waals surface area contributed by atoms with Gasteiger partial charge in [-0.15, -0.1) is 0 Å². The first-order chi connectivity index (χ1) is 16.3. The van der Waals surface area contributed by atoms with Crippen molar-refractivity contribution in [2.45, 2.75) is 39.3 Å². The van der Waals surface area contributed by atoms with Gasteiger partial charge in [-0.3, -0.25) is 19.7 Å². The van der Waals surface area contributed by atoms with Crippen LogP contribution in [-0.4, -0.2) is 22.8 Å². The molecule has 3 aromatic carbocycles. The summed E-state index contributed by atoms with van der Waals surface area (Å²) in [4.78, 5) is 41.3. The molecule has 7 heteroatoms. The number of rotatable bonds is 5. The van der Waals surface area contributed by atoms with Crippen LogP contribution in [0.2, 0.25) is 0 Å². The molecular formula is C27H27N3O4. The van der Waals surface area contributed by atoms with Gasteiger partial charge in [0.15, 0.2) is 0 Å². The maximum Gasteiger partial charge on any atom is 0.270 e. The highest BCUT2D eigenvalue weighted by molar-refractivity contribution is 6.07. The van der Waals surface area contributed by atoms with Gasteiger partial charge in [-0.05, 0) is 43.2 Å². The molecule has 1 aliphatic heterocycles. The Balaban J connectivity index is 1.85. The summed E-state index contributed by atoms with van der Waals surface area (Å²) >= 11 is 0. The second kappa shape index (κ2) is 9.47. The third-order valence-electron chi connectivity index (χ3n) is 6.16. The van der Waals surface area contributed by atoms with E-state index >= 15 is 0 Å². The summed E-state index contributed by atoms with van der Waals surface area (Å²) in [6.07, 6.45) is 0.533. The molecule has 34 heavy (non-hydrogen) atoms. The van der Waals surface area contributed by atoms with Gasteiger partial charge in [0.05, 0.1) is 11.0 Å². The molecule has 0 saturated carbocycles. The molecule has 0 bridgehead atoms. The van der Waals surface area contributed by atoms with Crippen molar-refractivity contribution in [2.75, 3.05) is 9.80 Å². The van der Waals surface area contributed by atoms with Crippen LogP contribution in [0.3, 0.4) is 0 Å². The van der Waals surface area contributed by atoms with Gasteiger partial charge in [0.1, 0.15) is 0 Å². The van der Waals surface area contributed by atoms with Crippen molar-refractivity contribution in [3.8, 4) is 0 Å². The average Bonchev–Trinajstić information content (AvgIpc) is 2.84. The minimum atomic E-state index is -0.503. The zero-order chi connectivity index (χ0) is 24.4. The van der Waals surface area contributed by atoms with Crippen LogP contribution >= 0.6 is 0 Å². The number of hydrogen-bond donors (Lipinski definition) is 0. The number of carbonyl (C=O) groups is 2. The molecule has 2 atom stereocenters. The van der Waals surface area contributed by atoms with E-state index in [1.165, 1.54) is 18.2 Å². The predicted octanol–water partition coefficient (Wildman–Crippen LogP) is 5.76. The number of benzene rings is 3. The lowest BCUT2D eigenvalue weighted by molar-refractivity contribution is -0.384. The summed E-state index contributed by atoms with van der Waals surface area (Å²) < 4.78 is 0. The summed E-state index contributed by atoms with van der Waals surface area (Å²) in [5.41, 5.74) is 2.46. The van der Waals surface area contributed by atoms with Crippen molar-refractivity contribution < 1.29 is 14.5 Å². The Kier molecular flexibility index (Phi) is 6.45. The Morgan fingerprint density at radius 3 is 2.35 bits per heavy atom. The van der Waals surface area contributed by atoms with Crippen molar-refractivity contribution >= 4 is 28.9 Å². The van der Waals surface area contributed by atoms with Gasteiger partial charge >= 0.3 is 0 Å². The number of anilines is 2. The van der Waals surface area contributed by atoms with E-state index in [-0.39, 0.29) is 41.1 Å². The predicted molar refractivity (Wildman–Crippen MR) is 132 cm³/mol. The van der Waals surface area contributed by atoms with Gasteiger partial charge in [0.25, 0.3) is 11.6 Å². The minimum absolute atomic E-state index is 0.0367. The van der Waals surface area contributed by atoms with Crippen molar-refractivity contribution in [3.05, 3.63) is 100 Å². The summed E-state index contributed by atoms with van der Waals surface area (Å²) in [5, 5.41) is 11.3. The zero-order valence-corrected chi connectivity index (χ0v) is 19.4. The van der Waals surface area contributed by atoms with E-state index in [0.29, 0.717) is 12.1 Å². The summed E-state index contributed by atoms with van der Waals surface area (Å²) in [6, 6.07) is 22.3. The van der Waals surface area contributed by atoms with Crippen molar-refractivity contribution in [1.82, 2.24) is 0 Å². The number of amides is 2. The highest BCUT2D eigenvalue weighted by Gasteiger charge is 2.39. The molecule has 0 unspecified atom stereocenters. The number of hydrogen-bond acceptors (Lipinski definition) is 4. The number of nitro benzene ring substituents is 1. The molecule has 4 rings (SSSR count). The molecule has 0 N–H and O–H groups in total. The van der Waals surface area contributed by atoms with Crippen LogP contribution in [-0.2, 0) is 4.79 Å². The molecule has 0 aliphatic carbocycles. The lowest BCUT2D eigenvalue weighted by atomic mass is 9.88. The summed E-state index contributed by atoms with van der Waals surface area (Å²) in [5.74, 6) is -0.455. The van der Waals surface area contributed by atoms with E-state index in [2.05, 4.69) is 0 Å². The Morgan fingerprint density at radius 2 is 1.68 bits per heavy atom. The fraction of sp³-hybridized carbons (Fsp3) is 0.259. The largest absolute Gasteiger partial charge is 0.309 e. The summed E-state index contributed by atoms with van der Waals surface area (Å²) in [7, 11) is 0. The first kappa shape index (κ1) is 23.2. The van der Waals surface area contributed by atoms with Crippen molar-refractivity contribution in [2.24, 2.45) is 5.92 Å². The van der Waals surface area contributed by atoms with Crippen molar-refractivity contribution in [1.29, 1.82) is 0 Å². The van der Waals surface area contributed by atoms with Crippen LogP contribution in [0.25, 0.3) is 0 Å².